The smallest absolute Gasteiger partial charge is 0.214 e. The third kappa shape index (κ3) is 3.08. The maximum absolute atomic E-state index is 5.68. The lowest BCUT2D eigenvalue weighted by Gasteiger charge is -2.04. The lowest BCUT2D eigenvalue weighted by atomic mass is 10.4. The summed E-state index contributed by atoms with van der Waals surface area (Å²) in [5.74, 6) is 0.455. The summed E-state index contributed by atoms with van der Waals surface area (Å²) in [5.41, 5.74) is 5.91. The molecule has 0 amide bonds. The quantitative estimate of drug-likeness (QED) is 0.592. The van der Waals surface area contributed by atoms with Gasteiger partial charge >= 0.3 is 0 Å². The highest BCUT2D eigenvalue weighted by atomic mass is 35.5. The summed E-state index contributed by atoms with van der Waals surface area (Å²) in [4.78, 5) is 3.91. The van der Waals surface area contributed by atoms with E-state index in [-0.39, 0.29) is 5.15 Å². The van der Waals surface area contributed by atoms with E-state index in [1.54, 1.807) is 19.2 Å². The van der Waals surface area contributed by atoms with Crippen LogP contribution in [0.3, 0.4) is 0 Å². The summed E-state index contributed by atoms with van der Waals surface area (Å²) >= 11 is 5.68. The van der Waals surface area contributed by atoms with Gasteiger partial charge in [0.15, 0.2) is 5.15 Å². The normalized spacial score (nSPS) is 10.0. The SMILES string of the molecule is COCCOc1ccc(N)c(Cl)n1. The Hall–Kier alpha value is -1.000. The molecule has 0 aromatic carbocycles. The molecule has 4 nitrogen and oxygen atoms in total. The van der Waals surface area contributed by atoms with Crippen molar-refractivity contribution in [2.45, 2.75) is 0 Å². The number of hydrogen-bond acceptors (Lipinski definition) is 4. The highest BCUT2D eigenvalue weighted by Crippen LogP contribution is 2.19. The van der Waals surface area contributed by atoms with Crippen molar-refractivity contribution in [2.24, 2.45) is 0 Å². The summed E-state index contributed by atoms with van der Waals surface area (Å²) in [5, 5.41) is 0.259. The molecule has 1 aromatic rings. The maximum Gasteiger partial charge on any atom is 0.214 e. The lowest BCUT2D eigenvalue weighted by Crippen LogP contribution is -2.05. The van der Waals surface area contributed by atoms with Crippen LogP contribution < -0.4 is 10.5 Å². The molecule has 0 saturated heterocycles. The van der Waals surface area contributed by atoms with Gasteiger partial charge in [-0.25, -0.2) is 0 Å². The van der Waals surface area contributed by atoms with Crippen LogP contribution in [-0.4, -0.2) is 25.3 Å². The average Bonchev–Trinajstić information content (AvgIpc) is 2.12. The Balaban J connectivity index is 2.53. The second-order valence-electron chi connectivity index (χ2n) is 2.37. The zero-order valence-corrected chi connectivity index (χ0v) is 8.04. The minimum atomic E-state index is 0.259. The Morgan fingerprint density at radius 1 is 1.46 bits per heavy atom. The molecule has 0 aliphatic carbocycles. The van der Waals surface area contributed by atoms with E-state index >= 15 is 0 Å². The molecule has 1 aromatic heterocycles. The van der Waals surface area contributed by atoms with Crippen molar-refractivity contribution in [2.75, 3.05) is 26.1 Å². The summed E-state index contributed by atoms with van der Waals surface area (Å²) in [7, 11) is 1.60. The first kappa shape index (κ1) is 10.1. The number of rotatable bonds is 4. The first-order chi connectivity index (χ1) is 6.24. The molecule has 0 aliphatic rings. The number of hydrogen-bond donors (Lipinski definition) is 1. The Labute approximate surface area is 81.6 Å². The van der Waals surface area contributed by atoms with Crippen LogP contribution in [0.2, 0.25) is 5.15 Å². The summed E-state index contributed by atoms with van der Waals surface area (Å²) < 4.78 is 10.0. The second kappa shape index (κ2) is 4.89. The van der Waals surface area contributed by atoms with E-state index in [1.807, 2.05) is 0 Å². The Morgan fingerprint density at radius 2 is 2.23 bits per heavy atom. The minimum absolute atomic E-state index is 0.259. The first-order valence-electron chi connectivity index (χ1n) is 3.78. The van der Waals surface area contributed by atoms with Gasteiger partial charge in [0, 0.05) is 13.2 Å². The van der Waals surface area contributed by atoms with Gasteiger partial charge in [0.05, 0.1) is 12.3 Å². The topological polar surface area (TPSA) is 57.4 Å². The third-order valence-electron chi connectivity index (χ3n) is 1.39. The molecule has 0 fully saturated rings. The number of nitrogens with two attached hydrogens (primary N) is 1. The van der Waals surface area contributed by atoms with Crippen molar-refractivity contribution < 1.29 is 9.47 Å². The van der Waals surface area contributed by atoms with Crippen LogP contribution in [0, 0.1) is 0 Å². The van der Waals surface area contributed by atoms with Gasteiger partial charge in [-0.3, -0.25) is 0 Å². The van der Waals surface area contributed by atoms with Crippen LogP contribution in [0.5, 0.6) is 5.88 Å². The van der Waals surface area contributed by atoms with Gasteiger partial charge < -0.3 is 15.2 Å². The van der Waals surface area contributed by atoms with Gasteiger partial charge in [-0.05, 0) is 6.07 Å². The standard InChI is InChI=1S/C8H11ClN2O2/c1-12-4-5-13-7-3-2-6(10)8(9)11-7/h2-3H,4-5,10H2,1H3. The summed E-state index contributed by atoms with van der Waals surface area (Å²) in [6, 6.07) is 3.31. The van der Waals surface area contributed by atoms with Crippen molar-refractivity contribution >= 4 is 17.3 Å². The van der Waals surface area contributed by atoms with Crippen LogP contribution in [0.4, 0.5) is 5.69 Å². The lowest BCUT2D eigenvalue weighted by molar-refractivity contribution is 0.144. The first-order valence-corrected chi connectivity index (χ1v) is 4.15. The molecule has 1 heterocycles. The molecule has 0 spiro atoms. The van der Waals surface area contributed by atoms with Gasteiger partial charge in [0.2, 0.25) is 5.88 Å². The second-order valence-corrected chi connectivity index (χ2v) is 2.73. The zero-order valence-electron chi connectivity index (χ0n) is 7.29. The van der Waals surface area contributed by atoms with E-state index in [1.165, 1.54) is 0 Å². The minimum Gasteiger partial charge on any atom is -0.475 e. The number of aromatic nitrogens is 1. The van der Waals surface area contributed by atoms with E-state index in [0.29, 0.717) is 24.8 Å². The molecule has 2 N–H and O–H groups in total. The van der Waals surface area contributed by atoms with Gasteiger partial charge in [0.25, 0.3) is 0 Å². The fourth-order valence-corrected chi connectivity index (χ4v) is 0.885. The van der Waals surface area contributed by atoms with E-state index in [9.17, 15) is 0 Å². The molecule has 1 rings (SSSR count). The predicted octanol–water partition coefficient (Wildman–Crippen LogP) is 1.34. The fraction of sp³-hybridized carbons (Fsp3) is 0.375. The number of ether oxygens (including phenoxy) is 2. The van der Waals surface area contributed by atoms with Gasteiger partial charge in [-0.1, -0.05) is 11.6 Å². The monoisotopic (exact) mass is 202 g/mol. The van der Waals surface area contributed by atoms with Crippen molar-refractivity contribution in [1.82, 2.24) is 4.98 Å². The van der Waals surface area contributed by atoms with Gasteiger partial charge in [0.1, 0.15) is 6.61 Å². The summed E-state index contributed by atoms with van der Waals surface area (Å²) in [6.07, 6.45) is 0. The van der Waals surface area contributed by atoms with Crippen molar-refractivity contribution in [3.05, 3.63) is 17.3 Å². The largest absolute Gasteiger partial charge is 0.475 e. The number of halogens is 1. The van der Waals surface area contributed by atoms with Crippen molar-refractivity contribution in [3.8, 4) is 5.88 Å². The molecule has 72 valence electrons. The van der Waals surface area contributed by atoms with Crippen LogP contribution in [0.15, 0.2) is 12.1 Å². The number of nitrogen functional groups attached to an aromatic ring is 1. The highest BCUT2D eigenvalue weighted by Gasteiger charge is 2.00. The highest BCUT2D eigenvalue weighted by molar-refractivity contribution is 6.31. The summed E-state index contributed by atoms with van der Waals surface area (Å²) in [6.45, 7) is 0.966. The Morgan fingerprint density at radius 3 is 2.85 bits per heavy atom. The van der Waals surface area contributed by atoms with Crippen LogP contribution in [0.1, 0.15) is 0 Å². The third-order valence-corrected chi connectivity index (χ3v) is 1.69. The van der Waals surface area contributed by atoms with Crippen molar-refractivity contribution in [3.63, 3.8) is 0 Å². The van der Waals surface area contributed by atoms with E-state index < -0.39 is 0 Å². The van der Waals surface area contributed by atoms with Crippen LogP contribution >= 0.6 is 11.6 Å². The predicted molar refractivity (Wildman–Crippen MR) is 51.0 cm³/mol. The van der Waals surface area contributed by atoms with Crippen LogP contribution in [0.25, 0.3) is 0 Å². The van der Waals surface area contributed by atoms with E-state index in [2.05, 4.69) is 4.98 Å². The van der Waals surface area contributed by atoms with Crippen LogP contribution in [-0.2, 0) is 4.74 Å². The number of pyridine rings is 1. The molecule has 0 radical (unpaired) electrons. The number of anilines is 1. The zero-order chi connectivity index (χ0) is 9.68. The molecule has 0 atom stereocenters. The average molecular weight is 203 g/mol. The molecule has 0 saturated carbocycles. The number of methoxy groups -OCH3 is 1. The maximum atomic E-state index is 5.68. The van der Waals surface area contributed by atoms with Crippen molar-refractivity contribution in [1.29, 1.82) is 0 Å². The molecule has 5 heteroatoms. The Kier molecular flexibility index (Phi) is 3.79. The molecule has 13 heavy (non-hydrogen) atoms. The van der Waals surface area contributed by atoms with Gasteiger partial charge in [-0.2, -0.15) is 4.98 Å². The van der Waals surface area contributed by atoms with Gasteiger partial charge in [-0.15, -0.1) is 0 Å². The molecular weight excluding hydrogens is 192 g/mol. The van der Waals surface area contributed by atoms with E-state index in [0.717, 1.165) is 0 Å². The Bertz CT molecular complexity index is 281. The fourth-order valence-electron chi connectivity index (χ4n) is 0.738. The molecular formula is C8H11ClN2O2. The molecule has 0 bridgehead atoms. The van der Waals surface area contributed by atoms with E-state index in [4.69, 9.17) is 26.8 Å². The number of nitrogens with zero attached hydrogens (tertiary/aromatic N) is 1. The molecule has 0 aliphatic heterocycles. The molecule has 0 unspecified atom stereocenters.